The third kappa shape index (κ3) is 1.75. The Hall–Kier alpha value is -1.92. The van der Waals surface area contributed by atoms with E-state index in [-0.39, 0.29) is 0 Å². The van der Waals surface area contributed by atoms with Crippen molar-refractivity contribution in [1.82, 2.24) is 10.3 Å². The molecule has 3 rings (SSSR count). The number of hydrogen-bond donors (Lipinski definition) is 3. The van der Waals surface area contributed by atoms with E-state index in [1.54, 1.807) is 23.6 Å². The van der Waals surface area contributed by atoms with Crippen molar-refractivity contribution in [3.8, 4) is 0 Å². The third-order valence-electron chi connectivity index (χ3n) is 2.83. The van der Waals surface area contributed by atoms with Gasteiger partial charge in [0.25, 0.3) is 0 Å². The van der Waals surface area contributed by atoms with E-state index in [4.69, 9.17) is 11.5 Å². The van der Waals surface area contributed by atoms with Gasteiger partial charge in [-0.1, -0.05) is 6.07 Å². The van der Waals surface area contributed by atoms with Gasteiger partial charge in [-0.05, 0) is 25.1 Å². The van der Waals surface area contributed by atoms with Gasteiger partial charge in [-0.3, -0.25) is 5.73 Å². The number of benzene rings is 1. The molecule has 1 aromatic heterocycles. The summed E-state index contributed by atoms with van der Waals surface area (Å²) >= 11 is 1.66. The van der Waals surface area contributed by atoms with Crippen LogP contribution < -0.4 is 16.8 Å². The molecule has 0 radical (unpaired) electrons. The predicted octanol–water partition coefficient (Wildman–Crippen LogP) is 1.15. The van der Waals surface area contributed by atoms with Crippen LogP contribution in [0.25, 0.3) is 10.2 Å². The Morgan fingerprint density at radius 3 is 3.00 bits per heavy atom. The van der Waals surface area contributed by atoms with Crippen molar-refractivity contribution in [1.29, 1.82) is 0 Å². The molecule has 1 aliphatic heterocycles. The first-order valence-corrected chi connectivity index (χ1v) is 6.35. The summed E-state index contributed by atoms with van der Waals surface area (Å²) in [5.41, 5.74) is 12.8. The second-order valence-electron chi connectivity index (χ2n) is 4.22. The summed E-state index contributed by atoms with van der Waals surface area (Å²) in [5.74, 6) is 0.314. The molecule has 0 aliphatic carbocycles. The smallest absolute Gasteiger partial charge is 0.195 e. The molecule has 0 bridgehead atoms. The molecule has 1 aliphatic rings. The first-order chi connectivity index (χ1) is 8.57. The zero-order valence-corrected chi connectivity index (χ0v) is 10.7. The van der Waals surface area contributed by atoms with E-state index >= 15 is 0 Å². The van der Waals surface area contributed by atoms with Gasteiger partial charge in [0, 0.05) is 11.8 Å². The molecule has 1 atom stereocenters. The number of aliphatic imine (C=N–C) groups is 1. The SMILES string of the molecule is Cc1nc2cc(C3(N)C=CNC(N)=N3)ccc2s1. The molecule has 0 saturated carbocycles. The molecular weight excluding hydrogens is 246 g/mol. The van der Waals surface area contributed by atoms with Gasteiger partial charge >= 0.3 is 0 Å². The average molecular weight is 259 g/mol. The highest BCUT2D eigenvalue weighted by molar-refractivity contribution is 7.18. The van der Waals surface area contributed by atoms with Crippen molar-refractivity contribution in [2.24, 2.45) is 16.5 Å². The second-order valence-corrected chi connectivity index (χ2v) is 5.45. The summed E-state index contributed by atoms with van der Waals surface area (Å²) in [4.78, 5) is 8.71. The summed E-state index contributed by atoms with van der Waals surface area (Å²) < 4.78 is 1.15. The van der Waals surface area contributed by atoms with Gasteiger partial charge in [-0.25, -0.2) is 9.98 Å². The lowest BCUT2D eigenvalue weighted by atomic mass is 10.00. The molecular formula is C12H13N5S. The van der Waals surface area contributed by atoms with Gasteiger partial charge in [0.2, 0.25) is 0 Å². The Bertz CT molecular complexity index is 672. The number of fused-ring (bicyclic) bond motifs is 1. The van der Waals surface area contributed by atoms with Gasteiger partial charge < -0.3 is 11.1 Å². The quantitative estimate of drug-likeness (QED) is 0.716. The molecule has 6 heteroatoms. The Morgan fingerprint density at radius 1 is 1.39 bits per heavy atom. The Kier molecular flexibility index (Phi) is 2.36. The standard InChI is InChI=1S/C12H13N5S/c1-7-16-9-6-8(2-3-10(9)18-7)12(14)4-5-15-11(13)17-12/h2-6H,14H2,1H3,(H3,13,15,17). The lowest BCUT2D eigenvalue weighted by Gasteiger charge is -2.25. The third-order valence-corrected chi connectivity index (χ3v) is 3.78. The van der Waals surface area contributed by atoms with Crippen LogP contribution in [0.1, 0.15) is 10.6 Å². The zero-order valence-electron chi connectivity index (χ0n) is 9.84. The van der Waals surface area contributed by atoms with Crippen molar-refractivity contribution < 1.29 is 0 Å². The van der Waals surface area contributed by atoms with Crippen LogP contribution in [0.2, 0.25) is 0 Å². The predicted molar refractivity (Wildman–Crippen MR) is 74.1 cm³/mol. The molecule has 0 fully saturated rings. The van der Waals surface area contributed by atoms with Gasteiger partial charge in [0.1, 0.15) is 0 Å². The fourth-order valence-corrected chi connectivity index (χ4v) is 2.78. The van der Waals surface area contributed by atoms with Gasteiger partial charge in [-0.2, -0.15) is 0 Å². The Labute approximate surface area is 108 Å². The summed E-state index contributed by atoms with van der Waals surface area (Å²) in [6.07, 6.45) is 3.49. The first-order valence-electron chi connectivity index (χ1n) is 5.53. The molecule has 1 unspecified atom stereocenters. The van der Waals surface area contributed by atoms with E-state index < -0.39 is 5.66 Å². The van der Waals surface area contributed by atoms with Crippen molar-refractivity contribution in [2.75, 3.05) is 0 Å². The molecule has 0 spiro atoms. The maximum Gasteiger partial charge on any atom is 0.195 e. The van der Waals surface area contributed by atoms with Crippen molar-refractivity contribution in [2.45, 2.75) is 12.6 Å². The number of nitrogens with zero attached hydrogens (tertiary/aromatic N) is 2. The fourth-order valence-electron chi connectivity index (χ4n) is 1.98. The van der Waals surface area contributed by atoms with Crippen LogP contribution in [0.3, 0.4) is 0 Å². The lowest BCUT2D eigenvalue weighted by Crippen LogP contribution is -2.42. The molecule has 0 saturated heterocycles. The topological polar surface area (TPSA) is 89.3 Å². The maximum atomic E-state index is 6.25. The van der Waals surface area contributed by atoms with E-state index in [1.165, 1.54) is 0 Å². The zero-order chi connectivity index (χ0) is 12.8. The summed E-state index contributed by atoms with van der Waals surface area (Å²) in [6.45, 7) is 1.99. The normalized spacial score (nSPS) is 22.9. The summed E-state index contributed by atoms with van der Waals surface area (Å²) in [5, 5.41) is 3.84. The molecule has 2 aromatic rings. The van der Waals surface area contributed by atoms with Gasteiger partial charge in [-0.15, -0.1) is 11.3 Å². The molecule has 5 N–H and O–H groups in total. The number of aromatic nitrogens is 1. The van der Waals surface area contributed by atoms with Crippen LogP contribution in [-0.4, -0.2) is 10.9 Å². The lowest BCUT2D eigenvalue weighted by molar-refractivity contribution is 0.582. The van der Waals surface area contributed by atoms with Crippen molar-refractivity contribution >= 4 is 27.5 Å². The number of aryl methyl sites for hydroxylation is 1. The number of rotatable bonds is 1. The van der Waals surface area contributed by atoms with Crippen LogP contribution in [-0.2, 0) is 5.66 Å². The molecule has 2 heterocycles. The minimum atomic E-state index is -0.916. The maximum absolute atomic E-state index is 6.25. The Balaban J connectivity index is 2.13. The minimum absolute atomic E-state index is 0.314. The highest BCUT2D eigenvalue weighted by Gasteiger charge is 2.26. The largest absolute Gasteiger partial charge is 0.370 e. The van der Waals surface area contributed by atoms with Crippen LogP contribution >= 0.6 is 11.3 Å². The van der Waals surface area contributed by atoms with Gasteiger partial charge in [0.15, 0.2) is 11.6 Å². The monoisotopic (exact) mass is 259 g/mol. The molecule has 1 aromatic carbocycles. The minimum Gasteiger partial charge on any atom is -0.370 e. The highest BCUT2D eigenvalue weighted by Crippen LogP contribution is 2.28. The number of hydrogen-bond acceptors (Lipinski definition) is 6. The highest BCUT2D eigenvalue weighted by atomic mass is 32.1. The van der Waals surface area contributed by atoms with Crippen LogP contribution in [0.5, 0.6) is 0 Å². The van der Waals surface area contributed by atoms with E-state index in [0.29, 0.717) is 5.96 Å². The van der Waals surface area contributed by atoms with Gasteiger partial charge in [0.05, 0.1) is 15.2 Å². The second kappa shape index (κ2) is 3.79. The number of nitrogens with two attached hydrogens (primary N) is 2. The summed E-state index contributed by atoms with van der Waals surface area (Å²) in [6, 6.07) is 5.95. The fraction of sp³-hybridized carbons (Fsp3) is 0.167. The summed E-state index contributed by atoms with van der Waals surface area (Å²) in [7, 11) is 0. The number of guanidine groups is 1. The van der Waals surface area contributed by atoms with Crippen molar-refractivity contribution in [3.63, 3.8) is 0 Å². The van der Waals surface area contributed by atoms with Crippen LogP contribution in [0.15, 0.2) is 35.5 Å². The molecule has 92 valence electrons. The number of thiazole rings is 1. The first kappa shape index (κ1) is 11.2. The number of nitrogens with one attached hydrogen (secondary N) is 1. The molecule has 5 nitrogen and oxygen atoms in total. The van der Waals surface area contributed by atoms with E-state index in [9.17, 15) is 0 Å². The Morgan fingerprint density at radius 2 is 2.22 bits per heavy atom. The van der Waals surface area contributed by atoms with E-state index in [1.807, 2.05) is 25.1 Å². The molecule has 0 amide bonds. The van der Waals surface area contributed by atoms with Crippen molar-refractivity contribution in [3.05, 3.63) is 41.0 Å². The molecule has 18 heavy (non-hydrogen) atoms. The van der Waals surface area contributed by atoms with E-state index in [2.05, 4.69) is 15.3 Å². The van der Waals surface area contributed by atoms with Crippen LogP contribution in [0.4, 0.5) is 0 Å². The van der Waals surface area contributed by atoms with Crippen LogP contribution in [0, 0.1) is 6.92 Å². The average Bonchev–Trinajstić information content (AvgIpc) is 2.67. The van der Waals surface area contributed by atoms with E-state index in [0.717, 1.165) is 20.8 Å².